The average Bonchev–Trinajstić information content (AvgIpc) is 1.95. The summed E-state index contributed by atoms with van der Waals surface area (Å²) in [5.41, 5.74) is -0.475. The van der Waals surface area contributed by atoms with Crippen LogP contribution in [0, 0.1) is 12.3 Å². The largest absolute Gasteiger partial charge is 0.393 e. The Morgan fingerprint density at radius 1 is 0.765 bits per heavy atom. The van der Waals surface area contributed by atoms with Gasteiger partial charge in [-0.15, -0.1) is 0 Å². The molecule has 0 aromatic carbocycles. The second-order valence-corrected chi connectivity index (χ2v) is 5.52. The highest BCUT2D eigenvalue weighted by Crippen LogP contribution is 2.39. The van der Waals surface area contributed by atoms with Gasteiger partial charge in [-0.2, -0.15) is 0 Å². The van der Waals surface area contributed by atoms with Crippen LogP contribution < -0.4 is 0 Å². The minimum Gasteiger partial charge on any atom is -0.393 e. The molecule has 0 aromatic rings. The van der Waals surface area contributed by atoms with Gasteiger partial charge in [0, 0.05) is 0 Å². The molecule has 0 spiro atoms. The summed E-state index contributed by atoms with van der Waals surface area (Å²) in [7, 11) is 0. The molecule has 0 saturated heterocycles. The summed E-state index contributed by atoms with van der Waals surface area (Å²) in [5.74, 6) is 0. The lowest BCUT2D eigenvalue weighted by Gasteiger charge is -2.38. The normalized spacial score (nSPS) is 22.6. The van der Waals surface area contributed by atoms with E-state index >= 15 is 0 Å². The van der Waals surface area contributed by atoms with E-state index in [0.717, 1.165) is 0 Å². The first kappa shape index (κ1) is 16.8. The monoisotopic (exact) mass is 247 g/mol. The first-order chi connectivity index (χ1) is 7.67. The molecule has 0 amide bonds. The van der Waals surface area contributed by atoms with Crippen molar-refractivity contribution in [1.82, 2.24) is 0 Å². The molecule has 0 aliphatic rings. The SMILES string of the molecule is [CH2]C(O)CC(CC(C)O)(CC(C)O)CC(C)O. The summed E-state index contributed by atoms with van der Waals surface area (Å²) < 4.78 is 0. The van der Waals surface area contributed by atoms with E-state index in [0.29, 0.717) is 25.7 Å². The van der Waals surface area contributed by atoms with Crippen LogP contribution >= 0.6 is 0 Å². The maximum absolute atomic E-state index is 9.56. The molecule has 0 fully saturated rings. The van der Waals surface area contributed by atoms with Crippen molar-refractivity contribution in [3.8, 4) is 0 Å². The Bertz CT molecular complexity index is 154. The van der Waals surface area contributed by atoms with E-state index < -0.39 is 29.8 Å². The fraction of sp³-hybridized carbons (Fsp3) is 0.923. The molecule has 0 bridgehead atoms. The van der Waals surface area contributed by atoms with E-state index in [4.69, 9.17) is 0 Å². The molecule has 0 aliphatic heterocycles. The lowest BCUT2D eigenvalue weighted by molar-refractivity contribution is -0.00295. The Labute approximate surface area is 104 Å². The quantitative estimate of drug-likeness (QED) is 0.513. The first-order valence-electron chi connectivity index (χ1n) is 6.22. The van der Waals surface area contributed by atoms with Crippen LogP contribution in [0.4, 0.5) is 0 Å². The van der Waals surface area contributed by atoms with Gasteiger partial charge >= 0.3 is 0 Å². The highest BCUT2D eigenvalue weighted by Gasteiger charge is 2.35. The van der Waals surface area contributed by atoms with Crippen molar-refractivity contribution < 1.29 is 20.4 Å². The van der Waals surface area contributed by atoms with Crippen molar-refractivity contribution in [3.63, 3.8) is 0 Å². The molecule has 4 N–H and O–H groups in total. The molecule has 0 saturated carbocycles. The van der Waals surface area contributed by atoms with E-state index in [1.807, 2.05) is 0 Å². The van der Waals surface area contributed by atoms with Crippen LogP contribution in [0.15, 0.2) is 0 Å². The Morgan fingerprint density at radius 3 is 1.24 bits per heavy atom. The minimum absolute atomic E-state index is 0.369. The summed E-state index contributed by atoms with van der Waals surface area (Å²) in [6.07, 6.45) is -0.677. The smallest absolute Gasteiger partial charge is 0.0546 e. The average molecular weight is 247 g/mol. The molecule has 0 aromatic heterocycles. The molecular formula is C13H27O4. The second kappa shape index (κ2) is 7.31. The van der Waals surface area contributed by atoms with Crippen molar-refractivity contribution in [2.75, 3.05) is 0 Å². The third kappa shape index (κ3) is 7.71. The molecule has 17 heavy (non-hydrogen) atoms. The molecule has 4 nitrogen and oxygen atoms in total. The number of aliphatic hydroxyl groups is 4. The van der Waals surface area contributed by atoms with Crippen molar-refractivity contribution >= 4 is 0 Å². The van der Waals surface area contributed by atoms with E-state index in [1.165, 1.54) is 0 Å². The summed E-state index contributed by atoms with van der Waals surface area (Å²) in [5, 5.41) is 38.2. The van der Waals surface area contributed by atoms with E-state index in [-0.39, 0.29) is 0 Å². The van der Waals surface area contributed by atoms with E-state index in [1.54, 1.807) is 20.8 Å². The highest BCUT2D eigenvalue weighted by atomic mass is 16.3. The van der Waals surface area contributed by atoms with Crippen molar-refractivity contribution in [2.24, 2.45) is 5.41 Å². The molecule has 103 valence electrons. The predicted molar refractivity (Wildman–Crippen MR) is 67.3 cm³/mol. The van der Waals surface area contributed by atoms with E-state index in [9.17, 15) is 20.4 Å². The number of hydrogen-bond acceptors (Lipinski definition) is 4. The van der Waals surface area contributed by atoms with E-state index in [2.05, 4.69) is 6.92 Å². The Morgan fingerprint density at radius 2 is 1.06 bits per heavy atom. The van der Waals surface area contributed by atoms with Gasteiger partial charge in [0.25, 0.3) is 0 Å². The van der Waals surface area contributed by atoms with Crippen LogP contribution in [0.5, 0.6) is 0 Å². The zero-order chi connectivity index (χ0) is 13.6. The van der Waals surface area contributed by atoms with Crippen LogP contribution in [0.25, 0.3) is 0 Å². The molecule has 4 heteroatoms. The second-order valence-electron chi connectivity index (χ2n) is 5.52. The molecule has 4 atom stereocenters. The summed E-state index contributed by atoms with van der Waals surface area (Å²) >= 11 is 0. The summed E-state index contributed by atoms with van der Waals surface area (Å²) in [6.45, 7) is 8.58. The maximum atomic E-state index is 9.56. The third-order valence-electron chi connectivity index (χ3n) is 2.85. The van der Waals surface area contributed by atoms with Gasteiger partial charge in [-0.1, -0.05) is 0 Å². The summed E-state index contributed by atoms with van der Waals surface area (Å²) in [4.78, 5) is 0. The fourth-order valence-electron chi connectivity index (χ4n) is 2.88. The van der Waals surface area contributed by atoms with Crippen LogP contribution in [0.3, 0.4) is 0 Å². The van der Waals surface area contributed by atoms with Crippen LogP contribution in [-0.2, 0) is 0 Å². The molecule has 0 aliphatic carbocycles. The van der Waals surface area contributed by atoms with Crippen LogP contribution in [-0.4, -0.2) is 44.8 Å². The number of hydrogen-bond donors (Lipinski definition) is 4. The van der Waals surface area contributed by atoms with Crippen molar-refractivity contribution in [1.29, 1.82) is 0 Å². The van der Waals surface area contributed by atoms with Crippen LogP contribution in [0.1, 0.15) is 46.5 Å². The van der Waals surface area contributed by atoms with Crippen molar-refractivity contribution in [3.05, 3.63) is 6.92 Å². The number of rotatable bonds is 8. The highest BCUT2D eigenvalue weighted by molar-refractivity contribution is 4.87. The Hall–Kier alpha value is -0.160. The van der Waals surface area contributed by atoms with Crippen LogP contribution in [0.2, 0.25) is 0 Å². The van der Waals surface area contributed by atoms with Crippen molar-refractivity contribution in [2.45, 2.75) is 70.9 Å². The van der Waals surface area contributed by atoms with Gasteiger partial charge in [0.1, 0.15) is 0 Å². The van der Waals surface area contributed by atoms with Gasteiger partial charge in [-0.05, 0) is 58.8 Å². The lowest BCUT2D eigenvalue weighted by Crippen LogP contribution is -2.35. The molecule has 4 unspecified atom stereocenters. The van der Waals surface area contributed by atoms with Gasteiger partial charge < -0.3 is 20.4 Å². The van der Waals surface area contributed by atoms with Gasteiger partial charge in [-0.25, -0.2) is 0 Å². The molecular weight excluding hydrogens is 220 g/mol. The fourth-order valence-corrected chi connectivity index (χ4v) is 2.88. The predicted octanol–water partition coefficient (Wildman–Crippen LogP) is 0.871. The van der Waals surface area contributed by atoms with Gasteiger partial charge in [0.15, 0.2) is 0 Å². The topological polar surface area (TPSA) is 80.9 Å². The minimum atomic E-state index is -0.758. The lowest BCUT2D eigenvalue weighted by atomic mass is 9.70. The Kier molecular flexibility index (Phi) is 7.24. The summed E-state index contributed by atoms with van der Waals surface area (Å²) in [6, 6.07) is 0. The number of aliphatic hydroxyl groups excluding tert-OH is 4. The zero-order valence-corrected chi connectivity index (χ0v) is 11.1. The standard InChI is InChI=1S/C13H27O4/c1-9(14)5-13(6-10(2)15,7-11(3)16)8-12(4)17/h9-12,14-17H,1,5-8H2,2-4H3. The Balaban J connectivity index is 4.89. The first-order valence-corrected chi connectivity index (χ1v) is 6.22. The molecule has 0 heterocycles. The van der Waals surface area contributed by atoms with Gasteiger partial charge in [-0.3, -0.25) is 0 Å². The van der Waals surface area contributed by atoms with Gasteiger partial charge in [0.05, 0.1) is 24.4 Å². The third-order valence-corrected chi connectivity index (χ3v) is 2.85. The molecule has 1 radical (unpaired) electrons. The molecule has 0 rings (SSSR count). The van der Waals surface area contributed by atoms with Gasteiger partial charge in [0.2, 0.25) is 0 Å². The maximum Gasteiger partial charge on any atom is 0.0546 e. The zero-order valence-electron chi connectivity index (χ0n) is 11.1.